The average Bonchev–Trinajstić information content (AvgIpc) is 2.55. The molecule has 1 rings (SSSR count). The van der Waals surface area contributed by atoms with Crippen LogP contribution in [0.5, 0.6) is 0 Å². The smallest absolute Gasteiger partial charge is 0.0828 e. The number of hydrogen-bond donors (Lipinski definition) is 1. The van der Waals surface area contributed by atoms with E-state index in [1.54, 1.807) is 0 Å². The molecule has 4 heteroatoms. The fourth-order valence-corrected chi connectivity index (χ4v) is 1.64. The Hall–Kier alpha value is -0.870. The van der Waals surface area contributed by atoms with Gasteiger partial charge in [0.2, 0.25) is 0 Å². The van der Waals surface area contributed by atoms with Gasteiger partial charge in [-0.3, -0.25) is 4.68 Å². The van der Waals surface area contributed by atoms with E-state index < -0.39 is 6.10 Å². The molecular formula is C12H22N2O2. The molecule has 0 aliphatic carbocycles. The minimum absolute atomic E-state index is 0.160. The zero-order valence-corrected chi connectivity index (χ0v) is 10.6. The SMILES string of the molecule is CCn1nc(C)cc1CC(O)COC(C)C. The van der Waals surface area contributed by atoms with Gasteiger partial charge < -0.3 is 9.84 Å². The Morgan fingerprint density at radius 1 is 1.50 bits per heavy atom. The first-order valence-electron chi connectivity index (χ1n) is 5.86. The van der Waals surface area contributed by atoms with Gasteiger partial charge in [0.05, 0.1) is 24.5 Å². The molecule has 16 heavy (non-hydrogen) atoms. The number of aryl methyl sites for hydroxylation is 2. The first kappa shape index (κ1) is 13.2. The van der Waals surface area contributed by atoms with Crippen molar-refractivity contribution in [1.29, 1.82) is 0 Å². The Balaban J connectivity index is 2.51. The van der Waals surface area contributed by atoms with E-state index in [-0.39, 0.29) is 6.10 Å². The Morgan fingerprint density at radius 3 is 2.75 bits per heavy atom. The molecule has 0 amide bonds. The lowest BCUT2D eigenvalue weighted by Crippen LogP contribution is -2.22. The molecule has 0 saturated heterocycles. The molecule has 0 fully saturated rings. The van der Waals surface area contributed by atoms with Gasteiger partial charge in [0.1, 0.15) is 0 Å². The van der Waals surface area contributed by atoms with Crippen molar-refractivity contribution >= 4 is 0 Å². The average molecular weight is 226 g/mol. The molecule has 0 aliphatic heterocycles. The van der Waals surface area contributed by atoms with E-state index in [0.29, 0.717) is 13.0 Å². The van der Waals surface area contributed by atoms with Gasteiger partial charge in [-0.2, -0.15) is 5.10 Å². The molecule has 0 aliphatic rings. The fourth-order valence-electron chi connectivity index (χ4n) is 1.64. The van der Waals surface area contributed by atoms with Crippen LogP contribution in [0, 0.1) is 6.92 Å². The summed E-state index contributed by atoms with van der Waals surface area (Å²) in [7, 11) is 0. The van der Waals surface area contributed by atoms with Crippen molar-refractivity contribution in [2.75, 3.05) is 6.61 Å². The zero-order chi connectivity index (χ0) is 12.1. The van der Waals surface area contributed by atoms with Gasteiger partial charge in [-0.15, -0.1) is 0 Å². The predicted molar refractivity (Wildman–Crippen MR) is 63.4 cm³/mol. The monoisotopic (exact) mass is 226 g/mol. The zero-order valence-electron chi connectivity index (χ0n) is 10.6. The molecule has 0 bridgehead atoms. The van der Waals surface area contributed by atoms with Crippen molar-refractivity contribution in [2.45, 2.75) is 52.9 Å². The van der Waals surface area contributed by atoms with E-state index in [1.807, 2.05) is 38.4 Å². The molecule has 1 unspecified atom stereocenters. The first-order valence-corrected chi connectivity index (χ1v) is 5.86. The van der Waals surface area contributed by atoms with Crippen LogP contribution in [-0.4, -0.2) is 33.7 Å². The van der Waals surface area contributed by atoms with Crippen LogP contribution in [0.25, 0.3) is 0 Å². The van der Waals surface area contributed by atoms with E-state index in [1.165, 1.54) is 0 Å². The number of ether oxygens (including phenoxy) is 1. The van der Waals surface area contributed by atoms with Crippen molar-refractivity contribution in [3.8, 4) is 0 Å². The van der Waals surface area contributed by atoms with Crippen molar-refractivity contribution in [2.24, 2.45) is 0 Å². The normalized spacial score (nSPS) is 13.4. The van der Waals surface area contributed by atoms with Crippen molar-refractivity contribution in [1.82, 2.24) is 9.78 Å². The van der Waals surface area contributed by atoms with Crippen LogP contribution in [0.2, 0.25) is 0 Å². The molecule has 92 valence electrons. The molecule has 1 N–H and O–H groups in total. The third-order valence-electron chi connectivity index (χ3n) is 2.35. The molecule has 4 nitrogen and oxygen atoms in total. The quantitative estimate of drug-likeness (QED) is 0.800. The van der Waals surface area contributed by atoms with Gasteiger partial charge >= 0.3 is 0 Å². The van der Waals surface area contributed by atoms with Gasteiger partial charge in [-0.25, -0.2) is 0 Å². The summed E-state index contributed by atoms with van der Waals surface area (Å²) < 4.78 is 7.30. The van der Waals surface area contributed by atoms with Gasteiger partial charge in [-0.1, -0.05) is 0 Å². The van der Waals surface area contributed by atoms with E-state index in [2.05, 4.69) is 5.10 Å². The Kier molecular flexibility index (Phi) is 4.96. The molecular weight excluding hydrogens is 204 g/mol. The van der Waals surface area contributed by atoms with Crippen molar-refractivity contribution in [3.63, 3.8) is 0 Å². The number of aliphatic hydroxyl groups excluding tert-OH is 1. The van der Waals surface area contributed by atoms with Gasteiger partial charge in [0.15, 0.2) is 0 Å². The molecule has 0 saturated carbocycles. The molecule has 1 aromatic heterocycles. The van der Waals surface area contributed by atoms with Crippen LogP contribution in [-0.2, 0) is 17.7 Å². The Bertz CT molecular complexity index is 321. The van der Waals surface area contributed by atoms with Gasteiger partial charge in [-0.05, 0) is 33.8 Å². The maximum absolute atomic E-state index is 9.81. The summed E-state index contributed by atoms with van der Waals surface area (Å²) in [6, 6.07) is 2.02. The minimum atomic E-state index is -0.455. The highest BCUT2D eigenvalue weighted by Gasteiger charge is 2.11. The highest BCUT2D eigenvalue weighted by Crippen LogP contribution is 2.07. The molecule has 0 aromatic carbocycles. The van der Waals surface area contributed by atoms with Crippen LogP contribution in [0.15, 0.2) is 6.07 Å². The lowest BCUT2D eigenvalue weighted by Gasteiger charge is -2.13. The largest absolute Gasteiger partial charge is 0.390 e. The highest BCUT2D eigenvalue weighted by molar-refractivity contribution is 5.09. The van der Waals surface area contributed by atoms with Crippen molar-refractivity contribution in [3.05, 3.63) is 17.5 Å². The summed E-state index contributed by atoms with van der Waals surface area (Å²) in [5.74, 6) is 0. The van der Waals surface area contributed by atoms with E-state index in [9.17, 15) is 5.11 Å². The van der Waals surface area contributed by atoms with Crippen LogP contribution in [0.3, 0.4) is 0 Å². The second-order valence-electron chi connectivity index (χ2n) is 4.33. The second kappa shape index (κ2) is 6.01. The van der Waals surface area contributed by atoms with Crippen LogP contribution < -0.4 is 0 Å². The highest BCUT2D eigenvalue weighted by atomic mass is 16.5. The number of aliphatic hydroxyl groups is 1. The fraction of sp³-hybridized carbons (Fsp3) is 0.750. The summed E-state index contributed by atoms with van der Waals surface area (Å²) in [5.41, 5.74) is 2.06. The van der Waals surface area contributed by atoms with Crippen LogP contribution >= 0.6 is 0 Å². The second-order valence-corrected chi connectivity index (χ2v) is 4.33. The van der Waals surface area contributed by atoms with E-state index in [4.69, 9.17) is 4.74 Å². The summed E-state index contributed by atoms with van der Waals surface area (Å²) in [6.45, 7) is 9.16. The predicted octanol–water partition coefficient (Wildman–Crippen LogP) is 1.54. The van der Waals surface area contributed by atoms with Gasteiger partial charge in [0, 0.05) is 18.7 Å². The summed E-state index contributed by atoms with van der Waals surface area (Å²) in [5, 5.41) is 14.2. The standard InChI is InChI=1S/C12H22N2O2/c1-5-14-11(6-10(4)13-14)7-12(15)8-16-9(2)3/h6,9,12,15H,5,7-8H2,1-4H3. The lowest BCUT2D eigenvalue weighted by molar-refractivity contribution is 0.00550. The Labute approximate surface area is 97.2 Å². The summed E-state index contributed by atoms with van der Waals surface area (Å²) >= 11 is 0. The van der Waals surface area contributed by atoms with Crippen LogP contribution in [0.1, 0.15) is 32.2 Å². The number of nitrogens with zero attached hydrogens (tertiary/aromatic N) is 2. The van der Waals surface area contributed by atoms with Crippen LogP contribution in [0.4, 0.5) is 0 Å². The molecule has 0 spiro atoms. The molecule has 0 radical (unpaired) electrons. The number of aromatic nitrogens is 2. The Morgan fingerprint density at radius 2 is 2.19 bits per heavy atom. The maximum Gasteiger partial charge on any atom is 0.0828 e. The summed E-state index contributed by atoms with van der Waals surface area (Å²) in [6.07, 6.45) is 0.303. The third kappa shape index (κ3) is 3.94. The lowest BCUT2D eigenvalue weighted by atomic mass is 10.2. The molecule has 1 aromatic rings. The summed E-state index contributed by atoms with van der Waals surface area (Å²) in [4.78, 5) is 0. The number of hydrogen-bond acceptors (Lipinski definition) is 3. The first-order chi connectivity index (χ1) is 7.52. The third-order valence-corrected chi connectivity index (χ3v) is 2.35. The minimum Gasteiger partial charge on any atom is -0.390 e. The van der Waals surface area contributed by atoms with Gasteiger partial charge in [0.25, 0.3) is 0 Å². The molecule has 1 atom stereocenters. The topological polar surface area (TPSA) is 47.3 Å². The maximum atomic E-state index is 9.81. The number of rotatable bonds is 6. The van der Waals surface area contributed by atoms with Crippen molar-refractivity contribution < 1.29 is 9.84 Å². The molecule has 1 heterocycles. The van der Waals surface area contributed by atoms with E-state index >= 15 is 0 Å². The van der Waals surface area contributed by atoms with E-state index in [0.717, 1.165) is 17.9 Å².